The summed E-state index contributed by atoms with van der Waals surface area (Å²) < 4.78 is 79.9. The standard InChI is InChI=1S/C14H7F6N3O4/c15-13(16,17)26-9-3-1-8(2-4-9)21-22-11-6-5-10(27-14(18,19)20)7-12(11)23(24)25/h1-7H/b22-21+. The molecular formula is C14H7F6N3O4. The highest BCUT2D eigenvalue weighted by atomic mass is 19.4. The van der Waals surface area contributed by atoms with Crippen LogP contribution < -0.4 is 9.47 Å². The molecule has 13 heteroatoms. The van der Waals surface area contributed by atoms with Gasteiger partial charge in [0.1, 0.15) is 11.5 Å². The number of azo groups is 1. The molecule has 2 aromatic carbocycles. The Morgan fingerprint density at radius 2 is 1.33 bits per heavy atom. The molecule has 0 saturated heterocycles. The fraction of sp³-hybridized carbons (Fsp3) is 0.143. The first-order valence-electron chi connectivity index (χ1n) is 6.75. The third-order valence-corrected chi connectivity index (χ3v) is 2.72. The van der Waals surface area contributed by atoms with Gasteiger partial charge in [-0.1, -0.05) is 0 Å². The Balaban J connectivity index is 2.21. The summed E-state index contributed by atoms with van der Waals surface area (Å²) in [7, 11) is 0. The molecule has 7 nitrogen and oxygen atoms in total. The maximum Gasteiger partial charge on any atom is 0.573 e. The Hall–Kier alpha value is -3.38. The van der Waals surface area contributed by atoms with Crippen molar-refractivity contribution in [2.24, 2.45) is 10.2 Å². The van der Waals surface area contributed by atoms with Crippen LogP contribution in [0.2, 0.25) is 0 Å². The Morgan fingerprint density at radius 1 is 0.815 bits per heavy atom. The summed E-state index contributed by atoms with van der Waals surface area (Å²) in [5.74, 6) is -1.33. The third kappa shape index (κ3) is 6.45. The number of alkyl halides is 6. The van der Waals surface area contributed by atoms with Gasteiger partial charge in [-0.05, 0) is 36.4 Å². The van der Waals surface area contributed by atoms with E-state index in [1.54, 1.807) is 0 Å². The third-order valence-electron chi connectivity index (χ3n) is 2.72. The highest BCUT2D eigenvalue weighted by Crippen LogP contribution is 2.35. The van der Waals surface area contributed by atoms with Gasteiger partial charge in [-0.2, -0.15) is 5.11 Å². The van der Waals surface area contributed by atoms with Crippen LogP contribution in [-0.4, -0.2) is 17.6 Å². The largest absolute Gasteiger partial charge is 0.573 e. The molecule has 0 atom stereocenters. The van der Waals surface area contributed by atoms with Gasteiger partial charge in [-0.3, -0.25) is 10.1 Å². The zero-order chi connectivity index (χ0) is 20.2. The minimum Gasteiger partial charge on any atom is -0.406 e. The summed E-state index contributed by atoms with van der Waals surface area (Å²) in [4.78, 5) is 9.98. The van der Waals surface area contributed by atoms with Gasteiger partial charge in [-0.15, -0.1) is 31.5 Å². The molecule has 0 heterocycles. The van der Waals surface area contributed by atoms with Crippen molar-refractivity contribution < 1.29 is 40.7 Å². The van der Waals surface area contributed by atoms with Gasteiger partial charge in [0.25, 0.3) is 5.69 Å². The van der Waals surface area contributed by atoms with Crippen molar-refractivity contribution in [3.63, 3.8) is 0 Å². The first-order chi connectivity index (χ1) is 12.4. The Bertz CT molecular complexity index is 849. The molecule has 2 aromatic rings. The van der Waals surface area contributed by atoms with Crippen LogP contribution in [0, 0.1) is 10.1 Å². The molecule has 0 aliphatic heterocycles. The van der Waals surface area contributed by atoms with E-state index < -0.39 is 34.8 Å². The average molecular weight is 395 g/mol. The number of hydrogen-bond donors (Lipinski definition) is 0. The molecule has 0 fully saturated rings. The minimum absolute atomic E-state index is 0.0226. The van der Waals surface area contributed by atoms with Gasteiger partial charge in [0.05, 0.1) is 16.7 Å². The molecule has 0 radical (unpaired) electrons. The summed E-state index contributed by atoms with van der Waals surface area (Å²) >= 11 is 0. The molecule has 0 N–H and O–H groups in total. The molecule has 0 aliphatic carbocycles. The molecular weight excluding hydrogens is 388 g/mol. The summed E-state index contributed by atoms with van der Waals surface area (Å²) in [5.41, 5.74) is -1.17. The molecule has 0 spiro atoms. The van der Waals surface area contributed by atoms with E-state index in [1.165, 1.54) is 0 Å². The topological polar surface area (TPSA) is 86.3 Å². The Labute approximate surface area is 146 Å². The first-order valence-corrected chi connectivity index (χ1v) is 6.75. The van der Waals surface area contributed by atoms with Gasteiger partial charge in [0.2, 0.25) is 0 Å². The second-order valence-corrected chi connectivity index (χ2v) is 4.70. The molecule has 0 amide bonds. The molecule has 0 unspecified atom stereocenters. The fourth-order valence-corrected chi connectivity index (χ4v) is 1.76. The highest BCUT2D eigenvalue weighted by molar-refractivity contribution is 5.60. The van der Waals surface area contributed by atoms with Gasteiger partial charge >= 0.3 is 12.7 Å². The van der Waals surface area contributed by atoms with Crippen LogP contribution in [0.3, 0.4) is 0 Å². The fourth-order valence-electron chi connectivity index (χ4n) is 1.76. The van der Waals surface area contributed by atoms with E-state index in [9.17, 15) is 36.5 Å². The zero-order valence-electron chi connectivity index (χ0n) is 12.8. The predicted octanol–water partition coefficient (Wildman–Crippen LogP) is 5.81. The van der Waals surface area contributed by atoms with Gasteiger partial charge in [0.15, 0.2) is 5.69 Å². The van der Waals surface area contributed by atoms with Crippen LogP contribution in [0.5, 0.6) is 11.5 Å². The zero-order valence-corrected chi connectivity index (χ0v) is 12.8. The molecule has 0 bridgehead atoms. The lowest BCUT2D eigenvalue weighted by molar-refractivity contribution is -0.384. The van der Waals surface area contributed by atoms with E-state index in [2.05, 4.69) is 19.7 Å². The number of nitro benzene ring substituents is 1. The van der Waals surface area contributed by atoms with Crippen LogP contribution in [-0.2, 0) is 0 Å². The normalized spacial score (nSPS) is 12.2. The molecule has 27 heavy (non-hydrogen) atoms. The number of hydrogen-bond acceptors (Lipinski definition) is 6. The predicted molar refractivity (Wildman–Crippen MR) is 77.1 cm³/mol. The van der Waals surface area contributed by atoms with Crippen molar-refractivity contribution >= 4 is 17.1 Å². The summed E-state index contributed by atoms with van der Waals surface area (Å²) in [6, 6.07) is 6.27. The second kappa shape index (κ2) is 7.47. The van der Waals surface area contributed by atoms with Gasteiger partial charge in [0, 0.05) is 0 Å². The number of nitro groups is 1. The number of rotatable bonds is 5. The minimum atomic E-state index is -5.03. The van der Waals surface area contributed by atoms with Crippen LogP contribution >= 0.6 is 0 Å². The Morgan fingerprint density at radius 3 is 1.85 bits per heavy atom. The monoisotopic (exact) mass is 395 g/mol. The van der Waals surface area contributed by atoms with E-state index in [1.807, 2.05) is 0 Å². The first kappa shape index (κ1) is 19.9. The highest BCUT2D eigenvalue weighted by Gasteiger charge is 2.32. The maximum absolute atomic E-state index is 12.2. The van der Waals surface area contributed by atoms with E-state index in [4.69, 9.17) is 0 Å². The maximum atomic E-state index is 12.2. The van der Waals surface area contributed by atoms with Crippen molar-refractivity contribution in [3.05, 3.63) is 52.6 Å². The molecule has 0 aromatic heterocycles. The van der Waals surface area contributed by atoms with Crippen LogP contribution in [0.1, 0.15) is 0 Å². The van der Waals surface area contributed by atoms with Crippen molar-refractivity contribution in [3.8, 4) is 11.5 Å². The van der Waals surface area contributed by atoms with E-state index >= 15 is 0 Å². The van der Waals surface area contributed by atoms with Crippen molar-refractivity contribution in [2.45, 2.75) is 12.7 Å². The SMILES string of the molecule is O=[N+]([O-])c1cc(OC(F)(F)F)ccc1/N=N/c1ccc(OC(F)(F)F)cc1. The Kier molecular flexibility index (Phi) is 5.52. The lowest BCUT2D eigenvalue weighted by atomic mass is 10.2. The second-order valence-electron chi connectivity index (χ2n) is 4.70. The van der Waals surface area contributed by atoms with E-state index in [0.717, 1.165) is 36.4 Å². The average Bonchev–Trinajstić information content (AvgIpc) is 2.52. The lowest BCUT2D eigenvalue weighted by Crippen LogP contribution is -2.17. The quantitative estimate of drug-likeness (QED) is 0.277. The van der Waals surface area contributed by atoms with Crippen molar-refractivity contribution in [1.82, 2.24) is 0 Å². The number of ether oxygens (including phenoxy) is 2. The van der Waals surface area contributed by atoms with Gasteiger partial charge < -0.3 is 9.47 Å². The van der Waals surface area contributed by atoms with Crippen molar-refractivity contribution in [1.29, 1.82) is 0 Å². The van der Waals surface area contributed by atoms with Crippen LogP contribution in [0.4, 0.5) is 43.4 Å². The smallest absolute Gasteiger partial charge is 0.406 e. The summed E-state index contributed by atoms with van der Waals surface area (Å²) in [5, 5.41) is 18.1. The van der Waals surface area contributed by atoms with E-state index in [0.29, 0.717) is 6.07 Å². The molecule has 0 aliphatic rings. The number of nitrogens with zero attached hydrogens (tertiary/aromatic N) is 3. The summed E-state index contributed by atoms with van der Waals surface area (Å²) in [6.07, 6.45) is -9.90. The van der Waals surface area contributed by atoms with Gasteiger partial charge in [-0.25, -0.2) is 0 Å². The summed E-state index contributed by atoms with van der Waals surface area (Å²) in [6.45, 7) is 0. The lowest BCUT2D eigenvalue weighted by Gasteiger charge is -2.08. The number of halogens is 6. The van der Waals surface area contributed by atoms with Crippen molar-refractivity contribution in [2.75, 3.05) is 0 Å². The van der Waals surface area contributed by atoms with Crippen LogP contribution in [0.25, 0.3) is 0 Å². The van der Waals surface area contributed by atoms with Crippen LogP contribution in [0.15, 0.2) is 52.7 Å². The number of benzene rings is 2. The molecule has 0 saturated carbocycles. The molecule has 2 rings (SSSR count). The molecule has 144 valence electrons. The van der Waals surface area contributed by atoms with E-state index in [-0.39, 0.29) is 11.4 Å².